The summed E-state index contributed by atoms with van der Waals surface area (Å²) in [4.78, 5) is 1.48. The third kappa shape index (κ3) is 4.26. The van der Waals surface area contributed by atoms with Crippen LogP contribution in [0.4, 0.5) is 0 Å². The van der Waals surface area contributed by atoms with Crippen LogP contribution in [0, 0.1) is 5.41 Å². The number of rotatable bonds is 5. The molecule has 0 bridgehead atoms. The van der Waals surface area contributed by atoms with Gasteiger partial charge in [0.25, 0.3) is 0 Å². The molecule has 0 amide bonds. The lowest BCUT2D eigenvalue weighted by Gasteiger charge is -2.33. The largest absolute Gasteiger partial charge is 0.311 e. The normalized spacial score (nSPS) is 16.1. The van der Waals surface area contributed by atoms with Crippen molar-refractivity contribution in [1.82, 2.24) is 5.32 Å². The third-order valence-corrected chi connectivity index (χ3v) is 3.93. The van der Waals surface area contributed by atoms with E-state index in [4.69, 9.17) is 0 Å². The van der Waals surface area contributed by atoms with E-state index in [0.717, 1.165) is 6.42 Å². The maximum atomic E-state index is 3.75. The average molecular weight is 239 g/mol. The molecular weight excluding hydrogens is 214 g/mol. The van der Waals surface area contributed by atoms with E-state index in [9.17, 15) is 0 Å². The van der Waals surface area contributed by atoms with Crippen molar-refractivity contribution in [1.29, 1.82) is 0 Å². The number of nitrogens with one attached hydrogen (secondary N) is 1. The molecule has 1 heterocycles. The van der Waals surface area contributed by atoms with Crippen molar-refractivity contribution in [2.24, 2.45) is 5.41 Å². The van der Waals surface area contributed by atoms with Crippen LogP contribution in [0.3, 0.4) is 0 Å². The van der Waals surface area contributed by atoms with Crippen molar-refractivity contribution in [3.8, 4) is 0 Å². The van der Waals surface area contributed by atoms with Gasteiger partial charge in [-0.2, -0.15) is 0 Å². The Morgan fingerprint density at radius 1 is 1.38 bits per heavy atom. The molecule has 1 aromatic rings. The lowest BCUT2D eigenvalue weighted by Crippen LogP contribution is -2.45. The molecule has 0 aliphatic rings. The first-order chi connectivity index (χ1) is 7.43. The molecular formula is C14H25NS. The Labute approximate surface area is 104 Å². The molecule has 1 nitrogen and oxygen atoms in total. The lowest BCUT2D eigenvalue weighted by atomic mass is 9.84. The molecule has 0 radical (unpaired) electrons. The van der Waals surface area contributed by atoms with E-state index in [1.165, 1.54) is 11.3 Å². The molecule has 92 valence electrons. The standard InChI is InChI=1S/C14H25NS/c1-6-13(14(3,4)5)15-11(2)10-12-8-7-9-16-12/h7-9,11,13,15H,6,10H2,1-5H3. The van der Waals surface area contributed by atoms with Gasteiger partial charge in [-0.3, -0.25) is 0 Å². The quantitative estimate of drug-likeness (QED) is 0.816. The summed E-state index contributed by atoms with van der Waals surface area (Å²) in [5.41, 5.74) is 0.346. The van der Waals surface area contributed by atoms with Gasteiger partial charge in [-0.25, -0.2) is 0 Å². The summed E-state index contributed by atoms with van der Waals surface area (Å²) in [6.07, 6.45) is 2.34. The Bertz CT molecular complexity index is 284. The summed E-state index contributed by atoms with van der Waals surface area (Å²) in [5, 5.41) is 5.91. The maximum Gasteiger partial charge on any atom is 0.0116 e. The van der Waals surface area contributed by atoms with Gasteiger partial charge in [-0.1, -0.05) is 33.8 Å². The molecule has 0 saturated carbocycles. The SMILES string of the molecule is CCC(NC(C)Cc1cccs1)C(C)(C)C. The molecule has 2 heteroatoms. The predicted octanol–water partition coefficient (Wildman–Crippen LogP) is 4.09. The van der Waals surface area contributed by atoms with Crippen molar-refractivity contribution < 1.29 is 0 Å². The van der Waals surface area contributed by atoms with Crippen LogP contribution in [0.25, 0.3) is 0 Å². The Morgan fingerprint density at radius 3 is 2.50 bits per heavy atom. The minimum absolute atomic E-state index is 0.346. The summed E-state index contributed by atoms with van der Waals surface area (Å²) in [6.45, 7) is 11.5. The Kier molecular flexibility index (Phi) is 5.00. The summed E-state index contributed by atoms with van der Waals surface area (Å²) in [6, 6.07) is 5.51. The monoisotopic (exact) mass is 239 g/mol. The highest BCUT2D eigenvalue weighted by molar-refractivity contribution is 7.09. The number of thiophene rings is 1. The highest BCUT2D eigenvalue weighted by atomic mass is 32.1. The second-order valence-electron chi connectivity index (χ2n) is 5.68. The van der Waals surface area contributed by atoms with E-state index >= 15 is 0 Å². The fraction of sp³-hybridized carbons (Fsp3) is 0.714. The first-order valence-corrected chi connectivity index (χ1v) is 7.10. The minimum atomic E-state index is 0.346. The van der Waals surface area contributed by atoms with Gasteiger partial charge in [0.05, 0.1) is 0 Å². The van der Waals surface area contributed by atoms with Gasteiger partial charge < -0.3 is 5.32 Å². The molecule has 0 saturated heterocycles. The number of hydrogen-bond acceptors (Lipinski definition) is 2. The smallest absolute Gasteiger partial charge is 0.0116 e. The molecule has 0 aliphatic heterocycles. The summed E-state index contributed by atoms with van der Waals surface area (Å²) >= 11 is 1.85. The van der Waals surface area contributed by atoms with Gasteiger partial charge in [0.15, 0.2) is 0 Å². The Balaban J connectivity index is 2.46. The van der Waals surface area contributed by atoms with E-state index in [2.05, 4.69) is 57.4 Å². The fourth-order valence-corrected chi connectivity index (χ4v) is 2.95. The second-order valence-corrected chi connectivity index (χ2v) is 6.71. The van der Waals surface area contributed by atoms with E-state index in [1.54, 1.807) is 0 Å². The van der Waals surface area contributed by atoms with Crippen molar-refractivity contribution in [3.63, 3.8) is 0 Å². The van der Waals surface area contributed by atoms with Crippen LogP contribution in [0.1, 0.15) is 45.9 Å². The Morgan fingerprint density at radius 2 is 2.06 bits per heavy atom. The molecule has 16 heavy (non-hydrogen) atoms. The van der Waals surface area contributed by atoms with E-state index < -0.39 is 0 Å². The first kappa shape index (κ1) is 13.7. The zero-order chi connectivity index (χ0) is 12.2. The van der Waals surface area contributed by atoms with Crippen LogP contribution in [-0.4, -0.2) is 12.1 Å². The van der Waals surface area contributed by atoms with Crippen LogP contribution in [0.2, 0.25) is 0 Å². The summed E-state index contributed by atoms with van der Waals surface area (Å²) in [5.74, 6) is 0. The molecule has 0 spiro atoms. The maximum absolute atomic E-state index is 3.75. The van der Waals surface area contributed by atoms with Crippen LogP contribution < -0.4 is 5.32 Å². The molecule has 1 aromatic heterocycles. The van der Waals surface area contributed by atoms with Crippen molar-refractivity contribution in [3.05, 3.63) is 22.4 Å². The number of hydrogen-bond donors (Lipinski definition) is 1. The van der Waals surface area contributed by atoms with Gasteiger partial charge in [-0.05, 0) is 36.6 Å². The predicted molar refractivity (Wildman–Crippen MR) is 74.2 cm³/mol. The van der Waals surface area contributed by atoms with Crippen LogP contribution in [0.15, 0.2) is 17.5 Å². The van der Waals surface area contributed by atoms with Crippen molar-refractivity contribution in [2.75, 3.05) is 0 Å². The summed E-state index contributed by atoms with van der Waals surface area (Å²) in [7, 11) is 0. The van der Waals surface area contributed by atoms with Gasteiger partial charge in [-0.15, -0.1) is 11.3 Å². The van der Waals surface area contributed by atoms with Gasteiger partial charge in [0.2, 0.25) is 0 Å². The third-order valence-electron chi connectivity index (χ3n) is 3.03. The van der Waals surface area contributed by atoms with Crippen molar-refractivity contribution >= 4 is 11.3 Å². The van der Waals surface area contributed by atoms with Crippen LogP contribution >= 0.6 is 11.3 Å². The fourth-order valence-electron chi connectivity index (χ4n) is 2.11. The summed E-state index contributed by atoms with van der Waals surface area (Å²) < 4.78 is 0. The molecule has 1 rings (SSSR count). The minimum Gasteiger partial charge on any atom is -0.311 e. The van der Waals surface area contributed by atoms with Gasteiger partial charge in [0.1, 0.15) is 0 Å². The zero-order valence-corrected chi connectivity index (χ0v) is 12.0. The second kappa shape index (κ2) is 5.83. The van der Waals surface area contributed by atoms with E-state index in [0.29, 0.717) is 17.5 Å². The zero-order valence-electron chi connectivity index (χ0n) is 11.2. The molecule has 0 fully saturated rings. The molecule has 0 aromatic carbocycles. The average Bonchev–Trinajstić information content (AvgIpc) is 2.64. The lowest BCUT2D eigenvalue weighted by molar-refractivity contribution is 0.243. The van der Waals surface area contributed by atoms with Gasteiger partial charge >= 0.3 is 0 Å². The van der Waals surface area contributed by atoms with E-state index in [1.807, 2.05) is 11.3 Å². The van der Waals surface area contributed by atoms with Crippen LogP contribution in [0.5, 0.6) is 0 Å². The van der Waals surface area contributed by atoms with Gasteiger partial charge in [0, 0.05) is 17.0 Å². The topological polar surface area (TPSA) is 12.0 Å². The van der Waals surface area contributed by atoms with Crippen LogP contribution in [-0.2, 0) is 6.42 Å². The first-order valence-electron chi connectivity index (χ1n) is 6.22. The molecule has 2 unspecified atom stereocenters. The molecule has 1 N–H and O–H groups in total. The Hall–Kier alpha value is -0.340. The highest BCUT2D eigenvalue weighted by Gasteiger charge is 2.23. The molecule has 0 aliphatic carbocycles. The highest BCUT2D eigenvalue weighted by Crippen LogP contribution is 2.22. The van der Waals surface area contributed by atoms with Crippen molar-refractivity contribution in [2.45, 2.75) is 59.5 Å². The molecule has 2 atom stereocenters. The van der Waals surface area contributed by atoms with E-state index in [-0.39, 0.29) is 0 Å².